The Morgan fingerprint density at radius 3 is 2.57 bits per heavy atom. The summed E-state index contributed by atoms with van der Waals surface area (Å²) in [4.78, 5) is 19.5. The largest absolute Gasteiger partial charge is 0.417 e. The molecule has 0 saturated carbocycles. The molecule has 0 bridgehead atoms. The molecule has 148 valence electrons. The van der Waals surface area contributed by atoms with Gasteiger partial charge in [0.1, 0.15) is 6.33 Å². The van der Waals surface area contributed by atoms with E-state index in [0.29, 0.717) is 10.6 Å². The Morgan fingerprint density at radius 1 is 1.29 bits per heavy atom. The molecule has 1 N–H and O–H groups in total. The number of benzene rings is 1. The van der Waals surface area contributed by atoms with E-state index in [1.54, 1.807) is 6.92 Å². The number of nitrogens with zero attached hydrogens (tertiary/aromatic N) is 3. The molecule has 7 nitrogen and oxygen atoms in total. The van der Waals surface area contributed by atoms with Crippen molar-refractivity contribution >= 4 is 32.3 Å². The van der Waals surface area contributed by atoms with Crippen molar-refractivity contribution in [2.45, 2.75) is 18.0 Å². The summed E-state index contributed by atoms with van der Waals surface area (Å²) >= 11 is 0.977. The number of imidazole rings is 1. The van der Waals surface area contributed by atoms with Crippen LogP contribution in [0.15, 0.2) is 41.8 Å². The maximum Gasteiger partial charge on any atom is 0.417 e. The molecule has 12 heteroatoms. The number of hydrogen-bond donors (Lipinski definition) is 1. The highest BCUT2D eigenvalue weighted by Gasteiger charge is 2.36. The van der Waals surface area contributed by atoms with Gasteiger partial charge in [0.15, 0.2) is 15.0 Å². The highest BCUT2D eigenvalue weighted by Crippen LogP contribution is 2.39. The maximum atomic E-state index is 13.4. The van der Waals surface area contributed by atoms with Crippen molar-refractivity contribution in [2.24, 2.45) is 0 Å². The van der Waals surface area contributed by atoms with Crippen molar-refractivity contribution < 1.29 is 26.4 Å². The van der Waals surface area contributed by atoms with Crippen LogP contribution in [-0.4, -0.2) is 35.2 Å². The molecule has 0 aliphatic rings. The SMILES string of the molecule is Cc1nc(NC(=O)n2ccnc2)sc1-c1ccc(S(C)(=O)=O)c(C(F)(F)F)c1. The quantitative estimate of drug-likeness (QED) is 0.682. The van der Waals surface area contributed by atoms with E-state index < -0.39 is 32.5 Å². The Morgan fingerprint density at radius 2 is 2.00 bits per heavy atom. The summed E-state index contributed by atoms with van der Waals surface area (Å²) in [5.41, 5.74) is -0.701. The molecule has 2 heterocycles. The van der Waals surface area contributed by atoms with Gasteiger partial charge in [-0.2, -0.15) is 13.2 Å². The van der Waals surface area contributed by atoms with Crippen molar-refractivity contribution in [1.82, 2.24) is 14.5 Å². The molecule has 3 rings (SSSR count). The summed E-state index contributed by atoms with van der Waals surface area (Å²) in [5.74, 6) is 0. The highest BCUT2D eigenvalue weighted by molar-refractivity contribution is 7.90. The van der Waals surface area contributed by atoms with Crippen LogP contribution < -0.4 is 5.32 Å². The third-order valence-corrected chi connectivity index (χ3v) is 5.97. The Hall–Kier alpha value is -2.73. The number of rotatable bonds is 3. The monoisotopic (exact) mass is 430 g/mol. The number of halogens is 3. The summed E-state index contributed by atoms with van der Waals surface area (Å²) in [6.45, 7) is 1.58. The van der Waals surface area contributed by atoms with Crippen LogP contribution in [0.3, 0.4) is 0 Å². The lowest BCUT2D eigenvalue weighted by Gasteiger charge is -2.13. The zero-order valence-corrected chi connectivity index (χ0v) is 16.1. The van der Waals surface area contributed by atoms with Crippen LogP contribution >= 0.6 is 11.3 Å². The summed E-state index contributed by atoms with van der Waals surface area (Å²) in [6, 6.07) is 2.46. The molecule has 28 heavy (non-hydrogen) atoms. The predicted molar refractivity (Wildman–Crippen MR) is 97.0 cm³/mol. The smallest absolute Gasteiger partial charge is 0.283 e. The Labute approximate surface area is 161 Å². The molecule has 0 aliphatic carbocycles. The van der Waals surface area contributed by atoms with Crippen molar-refractivity contribution in [1.29, 1.82) is 0 Å². The van der Waals surface area contributed by atoms with Gasteiger partial charge in [-0.25, -0.2) is 23.2 Å². The van der Waals surface area contributed by atoms with Gasteiger partial charge in [0, 0.05) is 18.6 Å². The van der Waals surface area contributed by atoms with Gasteiger partial charge in [-0.1, -0.05) is 17.4 Å². The number of thiazole rings is 1. The van der Waals surface area contributed by atoms with Crippen LogP contribution in [0, 0.1) is 6.92 Å². The average Bonchev–Trinajstić information content (AvgIpc) is 3.22. The number of anilines is 1. The molecule has 0 atom stereocenters. The zero-order chi connectivity index (χ0) is 20.7. The molecular formula is C16H13F3N4O3S2. The highest BCUT2D eigenvalue weighted by atomic mass is 32.2. The Bertz CT molecular complexity index is 1140. The number of carbonyl (C=O) groups excluding carboxylic acids is 1. The van der Waals surface area contributed by atoms with Gasteiger partial charge < -0.3 is 0 Å². The fraction of sp³-hybridized carbons (Fsp3) is 0.188. The van der Waals surface area contributed by atoms with Gasteiger partial charge in [0.25, 0.3) is 0 Å². The molecule has 0 saturated heterocycles. The van der Waals surface area contributed by atoms with Gasteiger partial charge >= 0.3 is 12.2 Å². The molecule has 0 aliphatic heterocycles. The van der Waals surface area contributed by atoms with Gasteiger partial charge in [-0.05, 0) is 24.6 Å². The fourth-order valence-electron chi connectivity index (χ4n) is 2.47. The summed E-state index contributed by atoms with van der Waals surface area (Å²) in [7, 11) is -4.06. The molecule has 0 fully saturated rings. The van der Waals surface area contributed by atoms with Crippen LogP contribution in [0.4, 0.5) is 23.1 Å². The number of amides is 1. The van der Waals surface area contributed by atoms with Crippen molar-refractivity contribution in [3.63, 3.8) is 0 Å². The average molecular weight is 430 g/mol. The first-order valence-electron chi connectivity index (χ1n) is 7.65. The number of carbonyl (C=O) groups is 1. The second-order valence-corrected chi connectivity index (χ2v) is 8.80. The first-order valence-corrected chi connectivity index (χ1v) is 10.4. The molecule has 1 aromatic carbocycles. The van der Waals surface area contributed by atoms with E-state index in [2.05, 4.69) is 15.3 Å². The molecule has 0 unspecified atom stereocenters. The van der Waals surface area contributed by atoms with Crippen LogP contribution in [0.1, 0.15) is 11.3 Å². The number of sulfone groups is 1. The third-order valence-electron chi connectivity index (χ3n) is 3.70. The van der Waals surface area contributed by atoms with Crippen molar-refractivity contribution in [2.75, 3.05) is 11.6 Å². The van der Waals surface area contributed by atoms with Crippen molar-refractivity contribution in [3.8, 4) is 10.4 Å². The zero-order valence-electron chi connectivity index (χ0n) is 14.5. The van der Waals surface area contributed by atoms with Gasteiger partial charge in [0.05, 0.1) is 21.0 Å². The van der Waals surface area contributed by atoms with E-state index in [4.69, 9.17) is 0 Å². The molecule has 1 amide bonds. The van der Waals surface area contributed by atoms with Crippen LogP contribution in [0.5, 0.6) is 0 Å². The topological polar surface area (TPSA) is 93.9 Å². The lowest BCUT2D eigenvalue weighted by Crippen LogP contribution is -2.17. The molecule has 2 aromatic heterocycles. The summed E-state index contributed by atoms with van der Waals surface area (Å²) in [5, 5.41) is 2.72. The number of alkyl halides is 3. The minimum Gasteiger partial charge on any atom is -0.283 e. The van der Waals surface area contributed by atoms with E-state index >= 15 is 0 Å². The molecule has 0 radical (unpaired) electrons. The van der Waals surface area contributed by atoms with E-state index in [1.165, 1.54) is 29.4 Å². The molecule has 0 spiro atoms. The van der Waals surface area contributed by atoms with Crippen LogP contribution in [0.25, 0.3) is 10.4 Å². The summed E-state index contributed by atoms with van der Waals surface area (Å²) in [6.07, 6.45) is 0.0109. The predicted octanol–water partition coefficient (Wildman–Crippen LogP) is 3.82. The van der Waals surface area contributed by atoms with E-state index in [9.17, 15) is 26.4 Å². The Kier molecular flexibility index (Phi) is 5.02. The van der Waals surface area contributed by atoms with Crippen molar-refractivity contribution in [3.05, 3.63) is 48.2 Å². The van der Waals surface area contributed by atoms with Crippen LogP contribution in [0.2, 0.25) is 0 Å². The second kappa shape index (κ2) is 7.02. The maximum absolute atomic E-state index is 13.4. The minimum absolute atomic E-state index is 0.151. The fourth-order valence-corrected chi connectivity index (χ4v) is 4.31. The number of aryl methyl sites for hydroxylation is 1. The number of nitrogens with one attached hydrogen (secondary N) is 1. The standard InChI is InChI=1S/C16H13F3N4O3S2/c1-9-13(27-14(21-9)22-15(24)23-6-5-20-8-23)10-3-4-12(28(2,25)26)11(7-10)16(17,18)19/h3-8H,1-2H3,(H,21,22,24). The van der Waals surface area contributed by atoms with Gasteiger partial charge in [-0.3, -0.25) is 9.88 Å². The third kappa shape index (κ3) is 4.07. The van der Waals surface area contributed by atoms with Gasteiger partial charge in [0.2, 0.25) is 0 Å². The first-order chi connectivity index (χ1) is 13.0. The minimum atomic E-state index is -4.84. The van der Waals surface area contributed by atoms with E-state index in [0.717, 1.165) is 29.7 Å². The first kappa shape index (κ1) is 20.0. The molecular weight excluding hydrogens is 417 g/mol. The number of hydrogen-bond acceptors (Lipinski definition) is 6. The number of aromatic nitrogens is 3. The molecule has 3 aromatic rings. The van der Waals surface area contributed by atoms with Gasteiger partial charge in [-0.15, -0.1) is 0 Å². The lowest BCUT2D eigenvalue weighted by atomic mass is 10.1. The van der Waals surface area contributed by atoms with E-state index in [-0.39, 0.29) is 10.7 Å². The van der Waals surface area contributed by atoms with E-state index in [1.807, 2.05) is 0 Å². The van der Waals surface area contributed by atoms with Crippen LogP contribution in [-0.2, 0) is 16.0 Å². The summed E-state index contributed by atoms with van der Waals surface area (Å²) < 4.78 is 64.7. The Balaban J connectivity index is 2.00. The normalized spacial score (nSPS) is 12.2. The lowest BCUT2D eigenvalue weighted by molar-refractivity contribution is -0.139. The second-order valence-electron chi connectivity index (χ2n) is 5.81.